The molecule has 1 fully saturated rings. The molecule has 1 N–H and O–H groups in total. The molecule has 1 aliphatic rings. The Balaban J connectivity index is 1.87. The van der Waals surface area contributed by atoms with E-state index in [2.05, 4.69) is 4.72 Å². The molecular weight excluding hydrogens is 382 g/mol. The summed E-state index contributed by atoms with van der Waals surface area (Å²) in [6, 6.07) is 12.0. The number of rotatable bonds is 6. The van der Waals surface area contributed by atoms with Gasteiger partial charge < -0.3 is 0 Å². The molecule has 0 aromatic heterocycles. The van der Waals surface area contributed by atoms with Crippen LogP contribution in [0.3, 0.4) is 0 Å². The summed E-state index contributed by atoms with van der Waals surface area (Å²) >= 11 is 5.90. The summed E-state index contributed by atoms with van der Waals surface area (Å²) in [7, 11) is -7.13. The minimum absolute atomic E-state index is 0.0412. The van der Waals surface area contributed by atoms with E-state index in [1.54, 1.807) is 12.1 Å². The molecule has 2 aromatic rings. The molecular formula is C17H18ClNO4S2. The van der Waals surface area contributed by atoms with E-state index >= 15 is 0 Å². The zero-order valence-corrected chi connectivity index (χ0v) is 15.9. The summed E-state index contributed by atoms with van der Waals surface area (Å²) in [6.45, 7) is 0. The topological polar surface area (TPSA) is 80.3 Å². The van der Waals surface area contributed by atoms with Gasteiger partial charge in [0.2, 0.25) is 10.0 Å². The van der Waals surface area contributed by atoms with Gasteiger partial charge >= 0.3 is 0 Å². The summed E-state index contributed by atoms with van der Waals surface area (Å²) in [5, 5.41) is 0.595. The zero-order valence-electron chi connectivity index (χ0n) is 13.5. The largest absolute Gasteiger partial charge is 0.241 e. The fourth-order valence-corrected chi connectivity index (χ4v) is 4.69. The maximum absolute atomic E-state index is 12.7. The minimum Gasteiger partial charge on any atom is -0.224 e. The van der Waals surface area contributed by atoms with Crippen LogP contribution in [0.4, 0.5) is 0 Å². The lowest BCUT2D eigenvalue weighted by Gasteiger charge is -2.19. The van der Waals surface area contributed by atoms with Gasteiger partial charge in [0.05, 0.1) is 9.79 Å². The third-order valence-electron chi connectivity index (χ3n) is 4.17. The standard InChI is InChI=1S/C17H18ClNO4S2/c1-24(20,21)15-8-10-16(11-9-15)25(22,23)19-17(12-2-3-12)13-4-6-14(18)7-5-13/h4-12,17,19H,2-3H2,1H3. The Labute approximate surface area is 153 Å². The molecule has 0 saturated heterocycles. The first-order valence-corrected chi connectivity index (χ1v) is 11.5. The number of benzene rings is 2. The van der Waals surface area contributed by atoms with Crippen LogP contribution in [0.15, 0.2) is 58.3 Å². The fraction of sp³-hybridized carbons (Fsp3) is 0.294. The van der Waals surface area contributed by atoms with Gasteiger partial charge in [0.15, 0.2) is 9.84 Å². The Morgan fingerprint density at radius 1 is 0.920 bits per heavy atom. The van der Waals surface area contributed by atoms with Gasteiger partial charge in [-0.3, -0.25) is 0 Å². The Morgan fingerprint density at radius 3 is 1.92 bits per heavy atom. The molecule has 134 valence electrons. The normalized spacial score (nSPS) is 16.6. The predicted octanol–water partition coefficient (Wildman–Crippen LogP) is 3.17. The molecule has 5 nitrogen and oxygen atoms in total. The van der Waals surface area contributed by atoms with Crippen LogP contribution in [-0.4, -0.2) is 23.1 Å². The van der Waals surface area contributed by atoms with Crippen LogP contribution < -0.4 is 4.72 Å². The molecule has 8 heteroatoms. The van der Waals surface area contributed by atoms with Crippen molar-refractivity contribution in [3.63, 3.8) is 0 Å². The Hall–Kier alpha value is -1.41. The molecule has 2 aromatic carbocycles. The molecule has 3 rings (SSSR count). The molecule has 0 radical (unpaired) electrons. The average Bonchev–Trinajstić information content (AvgIpc) is 3.38. The highest BCUT2D eigenvalue weighted by Gasteiger charge is 2.35. The number of nitrogens with one attached hydrogen (secondary N) is 1. The van der Waals surface area contributed by atoms with E-state index in [0.29, 0.717) is 5.02 Å². The first-order chi connectivity index (χ1) is 11.7. The second-order valence-electron chi connectivity index (χ2n) is 6.23. The number of hydrogen-bond donors (Lipinski definition) is 1. The molecule has 0 amide bonds. The van der Waals surface area contributed by atoms with Gasteiger partial charge in [0.25, 0.3) is 0 Å². The van der Waals surface area contributed by atoms with Crippen LogP contribution in [0.2, 0.25) is 5.02 Å². The summed E-state index contributed by atoms with van der Waals surface area (Å²) in [6.07, 6.45) is 3.00. The van der Waals surface area contributed by atoms with Gasteiger partial charge in [0.1, 0.15) is 0 Å². The summed E-state index contributed by atoms with van der Waals surface area (Å²) in [5.41, 5.74) is 0.864. The van der Waals surface area contributed by atoms with Gasteiger partial charge in [0, 0.05) is 17.3 Å². The van der Waals surface area contributed by atoms with Crippen molar-refractivity contribution in [2.45, 2.75) is 28.7 Å². The van der Waals surface area contributed by atoms with Crippen molar-refractivity contribution < 1.29 is 16.8 Å². The third-order valence-corrected chi connectivity index (χ3v) is 7.00. The van der Waals surface area contributed by atoms with Gasteiger partial charge in [-0.15, -0.1) is 0 Å². The molecule has 25 heavy (non-hydrogen) atoms. The van der Waals surface area contributed by atoms with Crippen LogP contribution in [-0.2, 0) is 19.9 Å². The van der Waals surface area contributed by atoms with Crippen molar-refractivity contribution in [2.24, 2.45) is 5.92 Å². The molecule has 1 saturated carbocycles. The van der Waals surface area contributed by atoms with Crippen LogP contribution >= 0.6 is 11.6 Å². The van der Waals surface area contributed by atoms with Crippen LogP contribution in [0.1, 0.15) is 24.4 Å². The van der Waals surface area contributed by atoms with Crippen molar-refractivity contribution in [3.8, 4) is 0 Å². The van der Waals surface area contributed by atoms with Gasteiger partial charge in [-0.1, -0.05) is 23.7 Å². The molecule has 0 aliphatic heterocycles. The number of hydrogen-bond acceptors (Lipinski definition) is 4. The number of sulfone groups is 1. The van der Waals surface area contributed by atoms with Crippen molar-refractivity contribution in [1.82, 2.24) is 4.72 Å². The highest BCUT2D eigenvalue weighted by molar-refractivity contribution is 7.90. The average molecular weight is 400 g/mol. The lowest BCUT2D eigenvalue weighted by Crippen LogP contribution is -2.30. The van der Waals surface area contributed by atoms with Crippen molar-refractivity contribution in [2.75, 3.05) is 6.26 Å². The quantitative estimate of drug-likeness (QED) is 0.808. The number of halogens is 1. The highest BCUT2D eigenvalue weighted by Crippen LogP contribution is 2.42. The van der Waals surface area contributed by atoms with E-state index in [1.807, 2.05) is 12.1 Å². The van der Waals surface area contributed by atoms with Gasteiger partial charge in [-0.2, -0.15) is 0 Å². The number of sulfonamides is 1. The molecule has 1 unspecified atom stereocenters. The fourth-order valence-electron chi connectivity index (χ4n) is 2.64. The first kappa shape index (κ1) is 18.4. The van der Waals surface area contributed by atoms with Crippen molar-refractivity contribution >= 4 is 31.5 Å². The van der Waals surface area contributed by atoms with E-state index < -0.39 is 19.9 Å². The van der Waals surface area contributed by atoms with Gasteiger partial charge in [-0.05, 0) is 60.7 Å². The summed E-state index contributed by atoms with van der Waals surface area (Å²) in [5.74, 6) is 0.256. The third kappa shape index (κ3) is 4.41. The zero-order chi connectivity index (χ0) is 18.2. The second-order valence-corrected chi connectivity index (χ2v) is 10.4. The minimum atomic E-state index is -3.76. The predicted molar refractivity (Wildman–Crippen MR) is 96.8 cm³/mol. The lowest BCUT2D eigenvalue weighted by atomic mass is 10.0. The van der Waals surface area contributed by atoms with E-state index in [0.717, 1.165) is 24.7 Å². The van der Waals surface area contributed by atoms with Crippen molar-refractivity contribution in [1.29, 1.82) is 0 Å². The maximum Gasteiger partial charge on any atom is 0.241 e. The second kappa shape index (κ2) is 6.72. The Morgan fingerprint density at radius 2 is 1.44 bits per heavy atom. The smallest absolute Gasteiger partial charge is 0.224 e. The van der Waals surface area contributed by atoms with E-state index in [4.69, 9.17) is 11.6 Å². The molecule has 1 atom stereocenters. The van der Waals surface area contributed by atoms with E-state index in [9.17, 15) is 16.8 Å². The SMILES string of the molecule is CS(=O)(=O)c1ccc(S(=O)(=O)NC(c2ccc(Cl)cc2)C2CC2)cc1. The summed E-state index contributed by atoms with van der Waals surface area (Å²) in [4.78, 5) is 0.127. The molecule has 1 aliphatic carbocycles. The Bertz CT molecular complexity index is 964. The van der Waals surface area contributed by atoms with Crippen LogP contribution in [0.5, 0.6) is 0 Å². The van der Waals surface area contributed by atoms with Crippen LogP contribution in [0, 0.1) is 5.92 Å². The summed E-state index contributed by atoms with van der Waals surface area (Å²) < 4.78 is 51.1. The molecule has 0 bridgehead atoms. The maximum atomic E-state index is 12.7. The van der Waals surface area contributed by atoms with Crippen LogP contribution in [0.25, 0.3) is 0 Å². The van der Waals surface area contributed by atoms with Gasteiger partial charge in [-0.25, -0.2) is 21.6 Å². The molecule has 0 heterocycles. The van der Waals surface area contributed by atoms with Crippen molar-refractivity contribution in [3.05, 3.63) is 59.1 Å². The van der Waals surface area contributed by atoms with E-state index in [-0.39, 0.29) is 21.8 Å². The molecule has 0 spiro atoms. The highest BCUT2D eigenvalue weighted by atomic mass is 35.5. The lowest BCUT2D eigenvalue weighted by molar-refractivity contribution is 0.529. The Kier molecular flexibility index (Phi) is 4.94. The first-order valence-electron chi connectivity index (χ1n) is 7.75. The van der Waals surface area contributed by atoms with E-state index in [1.165, 1.54) is 24.3 Å². The monoisotopic (exact) mass is 399 g/mol.